The van der Waals surface area contributed by atoms with Crippen LogP contribution in [0.4, 0.5) is 4.39 Å². The van der Waals surface area contributed by atoms with Gasteiger partial charge in [0.15, 0.2) is 5.82 Å². The number of hydrogen-bond donors (Lipinski definition) is 0. The number of benzene rings is 1. The molecule has 3 rings (SSSR count). The summed E-state index contributed by atoms with van der Waals surface area (Å²) in [7, 11) is 0. The summed E-state index contributed by atoms with van der Waals surface area (Å²) in [6, 6.07) is 5.87. The van der Waals surface area contributed by atoms with Crippen LogP contribution in [0.2, 0.25) is 0 Å². The Bertz CT molecular complexity index is 684. The van der Waals surface area contributed by atoms with E-state index in [9.17, 15) is 9.18 Å². The van der Waals surface area contributed by atoms with Gasteiger partial charge in [-0.3, -0.25) is 4.79 Å². The SMILES string of the molecule is Cc1nnc2n1CCN(C(=O)CCCOc1ccc(F)cc1)C2. The molecule has 1 amide bonds. The highest BCUT2D eigenvalue weighted by atomic mass is 19.1. The lowest BCUT2D eigenvalue weighted by Gasteiger charge is -2.27. The van der Waals surface area contributed by atoms with Crippen LogP contribution in [0.25, 0.3) is 0 Å². The van der Waals surface area contributed by atoms with Crippen LogP contribution in [0.1, 0.15) is 24.5 Å². The first-order valence-electron chi connectivity index (χ1n) is 7.68. The van der Waals surface area contributed by atoms with Crippen molar-refractivity contribution in [1.82, 2.24) is 19.7 Å². The van der Waals surface area contributed by atoms with Crippen LogP contribution in [0.5, 0.6) is 5.75 Å². The number of hydrogen-bond acceptors (Lipinski definition) is 4. The second kappa shape index (κ2) is 6.76. The van der Waals surface area contributed by atoms with Gasteiger partial charge in [-0.2, -0.15) is 0 Å². The standard InChI is InChI=1S/C16H19FN4O2/c1-12-18-19-15-11-20(8-9-21(12)15)16(22)3-2-10-23-14-6-4-13(17)5-7-14/h4-7H,2-3,8-11H2,1H3. The van der Waals surface area contributed by atoms with Gasteiger partial charge in [0, 0.05) is 19.5 Å². The Morgan fingerprint density at radius 2 is 2.04 bits per heavy atom. The zero-order chi connectivity index (χ0) is 16.2. The molecule has 0 spiro atoms. The molecule has 0 saturated heterocycles. The van der Waals surface area contributed by atoms with Gasteiger partial charge in [0.25, 0.3) is 0 Å². The summed E-state index contributed by atoms with van der Waals surface area (Å²) in [6.45, 7) is 4.29. The van der Waals surface area contributed by atoms with E-state index in [4.69, 9.17) is 4.74 Å². The molecule has 0 N–H and O–H groups in total. The van der Waals surface area contributed by atoms with E-state index in [1.165, 1.54) is 12.1 Å². The first-order valence-corrected chi connectivity index (χ1v) is 7.68. The van der Waals surface area contributed by atoms with Crippen molar-refractivity contribution in [3.05, 3.63) is 41.7 Å². The summed E-state index contributed by atoms with van der Waals surface area (Å²) in [6.07, 6.45) is 1.05. The van der Waals surface area contributed by atoms with E-state index in [-0.39, 0.29) is 11.7 Å². The molecule has 7 heteroatoms. The van der Waals surface area contributed by atoms with E-state index in [2.05, 4.69) is 10.2 Å². The van der Waals surface area contributed by atoms with E-state index in [1.807, 2.05) is 11.5 Å². The summed E-state index contributed by atoms with van der Waals surface area (Å²) < 4.78 is 20.3. The maximum Gasteiger partial charge on any atom is 0.223 e. The average molecular weight is 318 g/mol. The highest BCUT2D eigenvalue weighted by Gasteiger charge is 2.22. The Kier molecular flexibility index (Phi) is 4.55. The van der Waals surface area contributed by atoms with Crippen LogP contribution in [0, 0.1) is 12.7 Å². The van der Waals surface area contributed by atoms with E-state index in [0.717, 1.165) is 18.2 Å². The van der Waals surface area contributed by atoms with Crippen molar-refractivity contribution in [1.29, 1.82) is 0 Å². The second-order valence-corrected chi connectivity index (χ2v) is 5.54. The third kappa shape index (κ3) is 3.67. The van der Waals surface area contributed by atoms with Crippen molar-refractivity contribution in [2.24, 2.45) is 0 Å². The summed E-state index contributed by atoms with van der Waals surface area (Å²) in [5.41, 5.74) is 0. The van der Waals surface area contributed by atoms with Gasteiger partial charge >= 0.3 is 0 Å². The number of amides is 1. The number of nitrogens with zero attached hydrogens (tertiary/aromatic N) is 4. The molecule has 0 atom stereocenters. The normalized spacial score (nSPS) is 13.7. The van der Waals surface area contributed by atoms with Crippen molar-refractivity contribution >= 4 is 5.91 Å². The molecule has 0 fully saturated rings. The zero-order valence-corrected chi connectivity index (χ0v) is 13.0. The fourth-order valence-electron chi connectivity index (χ4n) is 2.62. The van der Waals surface area contributed by atoms with Crippen molar-refractivity contribution < 1.29 is 13.9 Å². The molecular formula is C16H19FN4O2. The van der Waals surface area contributed by atoms with Gasteiger partial charge in [-0.15, -0.1) is 10.2 Å². The molecule has 1 aliphatic heterocycles. The lowest BCUT2D eigenvalue weighted by Crippen LogP contribution is -2.38. The second-order valence-electron chi connectivity index (χ2n) is 5.54. The number of aryl methyl sites for hydroxylation is 1. The average Bonchev–Trinajstić information content (AvgIpc) is 2.94. The maximum atomic E-state index is 12.8. The smallest absolute Gasteiger partial charge is 0.223 e. The van der Waals surface area contributed by atoms with Crippen molar-refractivity contribution in [3.63, 3.8) is 0 Å². The fraction of sp³-hybridized carbons (Fsp3) is 0.438. The monoisotopic (exact) mass is 318 g/mol. The van der Waals surface area contributed by atoms with Gasteiger partial charge in [-0.1, -0.05) is 0 Å². The third-order valence-electron chi connectivity index (χ3n) is 3.91. The Labute approximate surface area is 133 Å². The quantitative estimate of drug-likeness (QED) is 0.790. The molecule has 1 aromatic carbocycles. The molecule has 6 nitrogen and oxygen atoms in total. The molecule has 122 valence electrons. The Morgan fingerprint density at radius 3 is 2.83 bits per heavy atom. The first-order chi connectivity index (χ1) is 11.1. The number of carbonyl (C=O) groups excluding carboxylic acids is 1. The Morgan fingerprint density at radius 1 is 1.26 bits per heavy atom. The molecule has 23 heavy (non-hydrogen) atoms. The minimum absolute atomic E-state index is 0.0969. The van der Waals surface area contributed by atoms with Gasteiger partial charge in [0.1, 0.15) is 17.4 Å². The molecule has 0 saturated carbocycles. The molecule has 0 radical (unpaired) electrons. The number of rotatable bonds is 5. The number of ether oxygens (including phenoxy) is 1. The molecule has 1 aromatic heterocycles. The van der Waals surface area contributed by atoms with Gasteiger partial charge < -0.3 is 14.2 Å². The first kappa shape index (κ1) is 15.5. The third-order valence-corrected chi connectivity index (χ3v) is 3.91. The van der Waals surface area contributed by atoms with E-state index in [1.54, 1.807) is 17.0 Å². The molecule has 0 bridgehead atoms. The molecule has 1 aliphatic rings. The maximum absolute atomic E-state index is 12.8. The topological polar surface area (TPSA) is 60.2 Å². The predicted molar refractivity (Wildman–Crippen MR) is 81.3 cm³/mol. The molecule has 0 unspecified atom stereocenters. The van der Waals surface area contributed by atoms with E-state index >= 15 is 0 Å². The summed E-state index contributed by atoms with van der Waals surface area (Å²) in [5, 5.41) is 8.13. The molecular weight excluding hydrogens is 299 g/mol. The highest BCUT2D eigenvalue weighted by Crippen LogP contribution is 2.14. The number of carbonyl (C=O) groups is 1. The lowest BCUT2D eigenvalue weighted by atomic mass is 10.2. The van der Waals surface area contributed by atoms with Gasteiger partial charge in [0.2, 0.25) is 5.91 Å². The van der Waals surface area contributed by atoms with Crippen LogP contribution in [0.15, 0.2) is 24.3 Å². The number of fused-ring (bicyclic) bond motifs is 1. The summed E-state index contributed by atoms with van der Waals surface area (Å²) in [4.78, 5) is 14.0. The van der Waals surface area contributed by atoms with E-state index in [0.29, 0.717) is 38.3 Å². The summed E-state index contributed by atoms with van der Waals surface area (Å²) >= 11 is 0. The highest BCUT2D eigenvalue weighted by molar-refractivity contribution is 5.76. The van der Waals surface area contributed by atoms with Gasteiger partial charge in [0.05, 0.1) is 13.2 Å². The Balaban J connectivity index is 1.42. The van der Waals surface area contributed by atoms with E-state index < -0.39 is 0 Å². The van der Waals surface area contributed by atoms with Gasteiger partial charge in [-0.05, 0) is 37.6 Å². The number of halogens is 1. The van der Waals surface area contributed by atoms with Crippen LogP contribution in [0.3, 0.4) is 0 Å². The molecule has 2 aromatic rings. The number of aromatic nitrogens is 3. The fourth-order valence-corrected chi connectivity index (χ4v) is 2.62. The molecule has 0 aliphatic carbocycles. The minimum Gasteiger partial charge on any atom is -0.494 e. The van der Waals surface area contributed by atoms with Gasteiger partial charge in [-0.25, -0.2) is 4.39 Å². The predicted octanol–water partition coefficient (Wildman–Crippen LogP) is 1.93. The zero-order valence-electron chi connectivity index (χ0n) is 13.0. The van der Waals surface area contributed by atoms with Crippen molar-refractivity contribution in [2.45, 2.75) is 32.9 Å². The Hall–Kier alpha value is -2.44. The lowest BCUT2D eigenvalue weighted by molar-refractivity contribution is -0.133. The minimum atomic E-state index is -0.291. The largest absolute Gasteiger partial charge is 0.494 e. The van der Waals surface area contributed by atoms with Crippen LogP contribution in [-0.4, -0.2) is 38.7 Å². The summed E-state index contributed by atoms with van der Waals surface area (Å²) in [5.74, 6) is 2.14. The van der Waals surface area contributed by atoms with Crippen molar-refractivity contribution in [3.8, 4) is 5.75 Å². The van der Waals surface area contributed by atoms with Crippen LogP contribution >= 0.6 is 0 Å². The van der Waals surface area contributed by atoms with Crippen molar-refractivity contribution in [2.75, 3.05) is 13.2 Å². The van der Waals surface area contributed by atoms with Crippen LogP contribution < -0.4 is 4.74 Å². The molecule has 2 heterocycles. The van der Waals surface area contributed by atoms with Crippen LogP contribution in [-0.2, 0) is 17.9 Å².